The Labute approximate surface area is 149 Å². The van der Waals surface area contributed by atoms with Gasteiger partial charge in [0, 0.05) is 18.7 Å². The molecule has 1 saturated heterocycles. The number of aryl methyl sites for hydroxylation is 1. The Bertz CT molecular complexity index is 617. The van der Waals surface area contributed by atoms with Crippen LogP contribution in [-0.2, 0) is 9.53 Å². The summed E-state index contributed by atoms with van der Waals surface area (Å²) >= 11 is 0. The number of likely N-dealkylation sites (tertiary alicyclic amines) is 1. The summed E-state index contributed by atoms with van der Waals surface area (Å²) in [6, 6.07) is 5.75. The second-order valence-corrected chi connectivity index (χ2v) is 6.46. The third kappa shape index (κ3) is 4.87. The van der Waals surface area contributed by atoms with Gasteiger partial charge in [0.25, 0.3) is 0 Å². The van der Waals surface area contributed by atoms with Gasteiger partial charge in [0.1, 0.15) is 5.75 Å². The zero-order valence-electron chi connectivity index (χ0n) is 15.5. The lowest BCUT2D eigenvalue weighted by Crippen LogP contribution is -2.46. The van der Waals surface area contributed by atoms with Crippen molar-refractivity contribution < 1.29 is 19.1 Å². The Balaban J connectivity index is 2.01. The summed E-state index contributed by atoms with van der Waals surface area (Å²) in [5.74, 6) is 0.511. The van der Waals surface area contributed by atoms with Crippen LogP contribution in [0.25, 0.3) is 0 Å². The molecule has 1 aromatic rings. The topological polar surface area (TPSA) is 67.9 Å². The normalized spacial score (nSPS) is 18.4. The quantitative estimate of drug-likeness (QED) is 0.888. The lowest BCUT2D eigenvalue weighted by molar-refractivity contribution is -0.127. The molecule has 2 amide bonds. The van der Waals surface area contributed by atoms with Crippen molar-refractivity contribution in [1.82, 2.24) is 10.2 Å². The van der Waals surface area contributed by atoms with E-state index in [2.05, 4.69) is 5.32 Å². The van der Waals surface area contributed by atoms with Crippen LogP contribution >= 0.6 is 0 Å². The summed E-state index contributed by atoms with van der Waals surface area (Å²) in [5.41, 5.74) is 2.07. The summed E-state index contributed by atoms with van der Waals surface area (Å²) in [6.45, 7) is 7.13. The third-order valence-corrected chi connectivity index (χ3v) is 4.53. The van der Waals surface area contributed by atoms with E-state index in [1.54, 1.807) is 18.9 Å². The minimum Gasteiger partial charge on any atom is -0.496 e. The molecule has 0 bridgehead atoms. The first-order valence-corrected chi connectivity index (χ1v) is 8.82. The van der Waals surface area contributed by atoms with Gasteiger partial charge in [-0.25, -0.2) is 4.79 Å². The van der Waals surface area contributed by atoms with Crippen LogP contribution in [0.2, 0.25) is 0 Å². The van der Waals surface area contributed by atoms with Crippen molar-refractivity contribution in [3.8, 4) is 5.75 Å². The summed E-state index contributed by atoms with van der Waals surface area (Å²) in [4.78, 5) is 26.2. The molecule has 2 atom stereocenters. The predicted octanol–water partition coefficient (Wildman–Crippen LogP) is 3.05. The Kier molecular flexibility index (Phi) is 6.67. The SMILES string of the molecule is CCOC(=O)N1CCCC(C(=O)NC(C)c2cc(C)ccc2OC)C1. The number of methoxy groups -OCH3 is 1. The molecule has 138 valence electrons. The van der Waals surface area contributed by atoms with Crippen LogP contribution in [0.3, 0.4) is 0 Å². The van der Waals surface area contributed by atoms with Gasteiger partial charge in [-0.2, -0.15) is 0 Å². The molecule has 0 radical (unpaired) electrons. The molecule has 25 heavy (non-hydrogen) atoms. The van der Waals surface area contributed by atoms with Gasteiger partial charge in [-0.05, 0) is 39.7 Å². The van der Waals surface area contributed by atoms with Gasteiger partial charge in [0.15, 0.2) is 0 Å². The number of nitrogens with one attached hydrogen (secondary N) is 1. The van der Waals surface area contributed by atoms with E-state index in [9.17, 15) is 9.59 Å². The summed E-state index contributed by atoms with van der Waals surface area (Å²) in [6.07, 6.45) is 1.24. The zero-order chi connectivity index (χ0) is 18.4. The minimum atomic E-state index is -0.339. The summed E-state index contributed by atoms with van der Waals surface area (Å²) in [5, 5.41) is 3.06. The van der Waals surface area contributed by atoms with Crippen LogP contribution in [0.1, 0.15) is 43.9 Å². The van der Waals surface area contributed by atoms with E-state index in [1.807, 2.05) is 32.0 Å². The fourth-order valence-corrected chi connectivity index (χ4v) is 3.17. The monoisotopic (exact) mass is 348 g/mol. The molecule has 2 unspecified atom stereocenters. The standard InChI is InChI=1S/C19H28N2O4/c1-5-25-19(23)21-10-6-7-15(12-21)18(22)20-14(3)16-11-13(2)8-9-17(16)24-4/h8-9,11,14-15H,5-7,10,12H2,1-4H3,(H,20,22). The van der Waals surface area contributed by atoms with E-state index in [0.29, 0.717) is 19.7 Å². The fraction of sp³-hybridized carbons (Fsp3) is 0.579. The highest BCUT2D eigenvalue weighted by atomic mass is 16.6. The van der Waals surface area contributed by atoms with Gasteiger partial charge in [-0.1, -0.05) is 17.7 Å². The van der Waals surface area contributed by atoms with Gasteiger partial charge < -0.3 is 19.7 Å². The number of nitrogens with zero attached hydrogens (tertiary/aromatic N) is 1. The fourth-order valence-electron chi connectivity index (χ4n) is 3.17. The Morgan fingerprint density at radius 2 is 2.16 bits per heavy atom. The maximum absolute atomic E-state index is 12.7. The zero-order valence-corrected chi connectivity index (χ0v) is 15.5. The lowest BCUT2D eigenvalue weighted by atomic mass is 9.96. The van der Waals surface area contributed by atoms with Crippen molar-refractivity contribution in [3.05, 3.63) is 29.3 Å². The Morgan fingerprint density at radius 1 is 1.40 bits per heavy atom. The van der Waals surface area contributed by atoms with Crippen molar-refractivity contribution in [3.63, 3.8) is 0 Å². The van der Waals surface area contributed by atoms with E-state index >= 15 is 0 Å². The Morgan fingerprint density at radius 3 is 2.84 bits per heavy atom. The van der Waals surface area contributed by atoms with E-state index in [1.165, 1.54) is 0 Å². The van der Waals surface area contributed by atoms with E-state index in [-0.39, 0.29) is 24.0 Å². The van der Waals surface area contributed by atoms with Crippen molar-refractivity contribution in [2.24, 2.45) is 5.92 Å². The largest absolute Gasteiger partial charge is 0.496 e. The van der Waals surface area contributed by atoms with Crippen LogP contribution in [0.15, 0.2) is 18.2 Å². The predicted molar refractivity (Wildman–Crippen MR) is 95.6 cm³/mol. The van der Waals surface area contributed by atoms with E-state index in [4.69, 9.17) is 9.47 Å². The molecule has 1 aliphatic rings. The highest BCUT2D eigenvalue weighted by Crippen LogP contribution is 2.27. The number of hydrogen-bond donors (Lipinski definition) is 1. The van der Waals surface area contributed by atoms with Gasteiger partial charge in [0.2, 0.25) is 5.91 Å². The molecule has 1 fully saturated rings. The number of carbonyl (C=O) groups is 2. The van der Waals surface area contributed by atoms with E-state index < -0.39 is 0 Å². The van der Waals surface area contributed by atoms with Crippen LogP contribution in [-0.4, -0.2) is 43.7 Å². The molecular formula is C19H28N2O4. The second kappa shape index (κ2) is 8.74. The maximum Gasteiger partial charge on any atom is 0.409 e. The number of benzene rings is 1. The molecular weight excluding hydrogens is 320 g/mol. The molecule has 1 N–H and O–H groups in total. The molecule has 6 nitrogen and oxygen atoms in total. The first-order valence-electron chi connectivity index (χ1n) is 8.82. The minimum absolute atomic E-state index is 0.0370. The molecule has 6 heteroatoms. The van der Waals surface area contributed by atoms with Crippen molar-refractivity contribution in [2.45, 2.75) is 39.7 Å². The smallest absolute Gasteiger partial charge is 0.409 e. The summed E-state index contributed by atoms with van der Waals surface area (Å²) in [7, 11) is 1.63. The number of piperidine rings is 1. The van der Waals surface area contributed by atoms with Crippen molar-refractivity contribution in [1.29, 1.82) is 0 Å². The molecule has 2 rings (SSSR count). The number of amides is 2. The Hall–Kier alpha value is -2.24. The van der Waals surface area contributed by atoms with Crippen molar-refractivity contribution in [2.75, 3.05) is 26.8 Å². The van der Waals surface area contributed by atoms with Crippen LogP contribution in [0, 0.1) is 12.8 Å². The van der Waals surface area contributed by atoms with Crippen LogP contribution in [0.5, 0.6) is 5.75 Å². The third-order valence-electron chi connectivity index (χ3n) is 4.53. The number of ether oxygens (including phenoxy) is 2. The molecule has 0 aromatic heterocycles. The van der Waals surface area contributed by atoms with Crippen LogP contribution in [0.4, 0.5) is 4.79 Å². The van der Waals surface area contributed by atoms with Crippen LogP contribution < -0.4 is 10.1 Å². The average molecular weight is 348 g/mol. The molecule has 1 aromatic carbocycles. The number of rotatable bonds is 5. The lowest BCUT2D eigenvalue weighted by Gasteiger charge is -2.32. The number of hydrogen-bond acceptors (Lipinski definition) is 4. The molecule has 0 spiro atoms. The van der Waals surface area contributed by atoms with E-state index in [0.717, 1.165) is 29.7 Å². The second-order valence-electron chi connectivity index (χ2n) is 6.46. The molecule has 1 heterocycles. The molecule has 0 aliphatic carbocycles. The van der Waals surface area contributed by atoms with Gasteiger partial charge in [-0.3, -0.25) is 4.79 Å². The van der Waals surface area contributed by atoms with Gasteiger partial charge in [0.05, 0.1) is 25.7 Å². The first kappa shape index (κ1) is 19.1. The van der Waals surface area contributed by atoms with Gasteiger partial charge >= 0.3 is 6.09 Å². The first-order chi connectivity index (χ1) is 12.0. The maximum atomic E-state index is 12.7. The average Bonchev–Trinajstić information content (AvgIpc) is 2.61. The molecule has 1 aliphatic heterocycles. The highest BCUT2D eigenvalue weighted by molar-refractivity contribution is 5.80. The molecule has 0 saturated carbocycles. The summed E-state index contributed by atoms with van der Waals surface area (Å²) < 4.78 is 10.4. The van der Waals surface area contributed by atoms with Crippen molar-refractivity contribution >= 4 is 12.0 Å². The van der Waals surface area contributed by atoms with Gasteiger partial charge in [-0.15, -0.1) is 0 Å². The highest BCUT2D eigenvalue weighted by Gasteiger charge is 2.30. The number of carbonyl (C=O) groups excluding carboxylic acids is 2.